The third kappa shape index (κ3) is 4.95. The first kappa shape index (κ1) is 12.9. The molecule has 2 N–H and O–H groups in total. The van der Waals surface area contributed by atoms with Crippen LogP contribution in [0.25, 0.3) is 0 Å². The van der Waals surface area contributed by atoms with Crippen molar-refractivity contribution in [3.05, 3.63) is 0 Å². The molecule has 0 aromatic heterocycles. The Labute approximate surface area is 92.0 Å². The van der Waals surface area contributed by atoms with E-state index in [1.807, 2.05) is 0 Å². The van der Waals surface area contributed by atoms with Crippen LogP contribution in [-0.4, -0.2) is 44.7 Å². The molecule has 90 valence electrons. The summed E-state index contributed by atoms with van der Waals surface area (Å²) in [6, 6.07) is 0. The van der Waals surface area contributed by atoms with E-state index in [4.69, 9.17) is 0 Å². The maximum atomic E-state index is 11.7. The minimum absolute atomic E-state index is 0.107. The minimum Gasteiger partial charge on any atom is -0.391 e. The Hall–Kier alpha value is -0.130. The third-order valence-corrected chi connectivity index (χ3v) is 4.72. The van der Waals surface area contributed by atoms with Gasteiger partial charge in [0, 0.05) is 6.54 Å². The fourth-order valence-corrected chi connectivity index (χ4v) is 4.08. The summed E-state index contributed by atoms with van der Waals surface area (Å²) in [5.74, 6) is 0.481. The number of aliphatic hydroxyl groups is 1. The van der Waals surface area contributed by atoms with E-state index in [2.05, 4.69) is 5.32 Å². The van der Waals surface area contributed by atoms with E-state index in [1.165, 1.54) is 0 Å². The highest BCUT2D eigenvalue weighted by atomic mass is 32.2. The number of hydrogen-bond donors (Lipinski definition) is 2. The van der Waals surface area contributed by atoms with Crippen LogP contribution in [0, 0.1) is 5.92 Å². The smallest absolute Gasteiger partial charge is 0.153 e. The Bertz CT molecular complexity index is 270. The Morgan fingerprint density at radius 3 is 2.53 bits per heavy atom. The van der Waals surface area contributed by atoms with Crippen molar-refractivity contribution in [2.45, 2.75) is 31.8 Å². The SMILES string of the molecule is CNCC(O)CS(=O)(=O)CC1CCCC1. The number of likely N-dealkylation sites (N-methyl/N-ethyl adjacent to an activating group) is 1. The van der Waals surface area contributed by atoms with Gasteiger partial charge in [-0.3, -0.25) is 0 Å². The second kappa shape index (κ2) is 5.82. The molecule has 0 spiro atoms. The Morgan fingerprint density at radius 2 is 2.00 bits per heavy atom. The van der Waals surface area contributed by atoms with Crippen molar-refractivity contribution in [1.29, 1.82) is 0 Å². The molecule has 1 aliphatic rings. The molecule has 1 aliphatic carbocycles. The van der Waals surface area contributed by atoms with Gasteiger partial charge in [0.2, 0.25) is 0 Å². The molecule has 1 rings (SSSR count). The number of aliphatic hydroxyl groups excluding tert-OH is 1. The highest BCUT2D eigenvalue weighted by molar-refractivity contribution is 7.91. The van der Waals surface area contributed by atoms with Crippen LogP contribution >= 0.6 is 0 Å². The lowest BCUT2D eigenvalue weighted by atomic mass is 10.1. The van der Waals surface area contributed by atoms with E-state index in [-0.39, 0.29) is 11.5 Å². The Kier molecular flexibility index (Phi) is 5.02. The van der Waals surface area contributed by atoms with Crippen molar-refractivity contribution in [2.75, 3.05) is 25.1 Å². The van der Waals surface area contributed by atoms with Crippen molar-refractivity contribution in [3.8, 4) is 0 Å². The zero-order valence-corrected chi connectivity index (χ0v) is 10.1. The normalized spacial score (nSPS) is 20.7. The first-order valence-corrected chi connectivity index (χ1v) is 7.39. The largest absolute Gasteiger partial charge is 0.391 e. The molecular weight excluding hydrogens is 214 g/mol. The standard InChI is InChI=1S/C10H21NO3S/c1-11-6-10(12)8-15(13,14)7-9-4-2-3-5-9/h9-12H,2-8H2,1H3. The van der Waals surface area contributed by atoms with Gasteiger partial charge in [-0.1, -0.05) is 12.8 Å². The molecular formula is C10H21NO3S. The second-order valence-electron chi connectivity index (χ2n) is 4.44. The molecule has 1 unspecified atom stereocenters. The number of hydrogen-bond acceptors (Lipinski definition) is 4. The van der Waals surface area contributed by atoms with Crippen molar-refractivity contribution >= 4 is 9.84 Å². The van der Waals surface area contributed by atoms with Crippen LogP contribution in [0.5, 0.6) is 0 Å². The monoisotopic (exact) mass is 235 g/mol. The molecule has 0 aromatic rings. The number of nitrogens with one attached hydrogen (secondary N) is 1. The minimum atomic E-state index is -3.08. The highest BCUT2D eigenvalue weighted by Crippen LogP contribution is 2.26. The first-order chi connectivity index (χ1) is 7.03. The van der Waals surface area contributed by atoms with Crippen LogP contribution in [0.15, 0.2) is 0 Å². The van der Waals surface area contributed by atoms with E-state index >= 15 is 0 Å². The summed E-state index contributed by atoms with van der Waals surface area (Å²) in [6.45, 7) is 0.337. The van der Waals surface area contributed by atoms with Crippen molar-refractivity contribution in [1.82, 2.24) is 5.32 Å². The Morgan fingerprint density at radius 1 is 1.40 bits per heavy atom. The predicted octanol–water partition coefficient (Wildman–Crippen LogP) is 0.172. The van der Waals surface area contributed by atoms with Gasteiger partial charge in [0.15, 0.2) is 9.84 Å². The second-order valence-corrected chi connectivity index (χ2v) is 6.59. The molecule has 5 heteroatoms. The van der Waals surface area contributed by atoms with Crippen LogP contribution < -0.4 is 5.32 Å². The van der Waals surface area contributed by atoms with Crippen molar-refractivity contribution in [2.24, 2.45) is 5.92 Å². The van der Waals surface area contributed by atoms with Gasteiger partial charge in [-0.05, 0) is 25.8 Å². The maximum Gasteiger partial charge on any atom is 0.153 e. The summed E-state index contributed by atoms with van der Waals surface area (Å²) < 4.78 is 23.4. The van der Waals surface area contributed by atoms with Gasteiger partial charge in [-0.15, -0.1) is 0 Å². The average molecular weight is 235 g/mol. The van der Waals surface area contributed by atoms with Gasteiger partial charge >= 0.3 is 0 Å². The van der Waals surface area contributed by atoms with Gasteiger partial charge < -0.3 is 10.4 Å². The molecule has 0 aliphatic heterocycles. The van der Waals surface area contributed by atoms with E-state index in [0.717, 1.165) is 25.7 Å². The van der Waals surface area contributed by atoms with Gasteiger partial charge in [0.1, 0.15) is 0 Å². The quantitative estimate of drug-likeness (QED) is 0.689. The summed E-state index contributed by atoms with van der Waals surface area (Å²) >= 11 is 0. The fourth-order valence-electron chi connectivity index (χ4n) is 2.19. The van der Waals surface area contributed by atoms with E-state index in [0.29, 0.717) is 12.5 Å². The van der Waals surface area contributed by atoms with Gasteiger partial charge in [-0.25, -0.2) is 8.42 Å². The van der Waals surface area contributed by atoms with Crippen LogP contribution in [0.3, 0.4) is 0 Å². The van der Waals surface area contributed by atoms with Crippen LogP contribution in [-0.2, 0) is 9.84 Å². The van der Waals surface area contributed by atoms with E-state index in [9.17, 15) is 13.5 Å². The van der Waals surface area contributed by atoms with Crippen molar-refractivity contribution in [3.63, 3.8) is 0 Å². The summed E-state index contributed by atoms with van der Waals surface area (Å²) in [6.07, 6.45) is 3.59. The molecule has 0 bridgehead atoms. The maximum absolute atomic E-state index is 11.7. The molecule has 0 saturated heterocycles. The lowest BCUT2D eigenvalue weighted by molar-refractivity contribution is 0.196. The summed E-state index contributed by atoms with van der Waals surface area (Å²) in [5.41, 5.74) is 0. The molecule has 0 radical (unpaired) electrons. The highest BCUT2D eigenvalue weighted by Gasteiger charge is 2.24. The number of sulfone groups is 1. The molecule has 1 saturated carbocycles. The average Bonchev–Trinajstić information content (AvgIpc) is 2.54. The lowest BCUT2D eigenvalue weighted by Gasteiger charge is -2.13. The van der Waals surface area contributed by atoms with Crippen LogP contribution in [0.1, 0.15) is 25.7 Å². The molecule has 0 amide bonds. The van der Waals surface area contributed by atoms with Crippen LogP contribution in [0.4, 0.5) is 0 Å². The zero-order valence-electron chi connectivity index (χ0n) is 9.28. The van der Waals surface area contributed by atoms with Crippen molar-refractivity contribution < 1.29 is 13.5 Å². The van der Waals surface area contributed by atoms with E-state index in [1.54, 1.807) is 7.05 Å². The topological polar surface area (TPSA) is 66.4 Å². The molecule has 0 aromatic carbocycles. The molecule has 1 atom stereocenters. The van der Waals surface area contributed by atoms with Gasteiger partial charge in [0.25, 0.3) is 0 Å². The number of rotatable bonds is 6. The first-order valence-electron chi connectivity index (χ1n) is 5.56. The van der Waals surface area contributed by atoms with Crippen LogP contribution in [0.2, 0.25) is 0 Å². The van der Waals surface area contributed by atoms with E-state index < -0.39 is 15.9 Å². The molecule has 4 nitrogen and oxygen atoms in total. The summed E-state index contributed by atoms with van der Waals surface area (Å²) in [7, 11) is -1.38. The summed E-state index contributed by atoms with van der Waals surface area (Å²) in [4.78, 5) is 0. The van der Waals surface area contributed by atoms with Gasteiger partial charge in [-0.2, -0.15) is 0 Å². The van der Waals surface area contributed by atoms with Gasteiger partial charge in [0.05, 0.1) is 17.6 Å². The zero-order chi connectivity index (χ0) is 11.3. The lowest BCUT2D eigenvalue weighted by Crippen LogP contribution is -2.32. The predicted molar refractivity (Wildman–Crippen MR) is 60.5 cm³/mol. The summed E-state index contributed by atoms with van der Waals surface area (Å²) in [5, 5.41) is 12.2. The Balaban J connectivity index is 2.37. The third-order valence-electron chi connectivity index (χ3n) is 2.85. The fraction of sp³-hybridized carbons (Fsp3) is 1.00. The molecule has 1 fully saturated rings. The molecule has 0 heterocycles. The molecule has 15 heavy (non-hydrogen) atoms.